The molecule has 1 heteroatoms. The topological polar surface area (TPSA) is 17.1 Å². The molecule has 1 rings (SSSR count). The third kappa shape index (κ3) is 3.48. The van der Waals surface area contributed by atoms with Gasteiger partial charge in [-0.2, -0.15) is 0 Å². The van der Waals surface area contributed by atoms with E-state index >= 15 is 0 Å². The van der Waals surface area contributed by atoms with Crippen molar-refractivity contribution in [1.82, 2.24) is 0 Å². The molecule has 0 aromatic heterocycles. The molecule has 16 heavy (non-hydrogen) atoms. The maximum absolute atomic E-state index is 11.6. The molecule has 0 heterocycles. The Hall–Kier alpha value is -1.11. The van der Waals surface area contributed by atoms with E-state index in [0.717, 1.165) is 5.56 Å². The van der Waals surface area contributed by atoms with Crippen molar-refractivity contribution >= 4 is 5.78 Å². The Kier molecular flexibility index (Phi) is 3.90. The van der Waals surface area contributed by atoms with Crippen LogP contribution in [0.5, 0.6) is 0 Å². The van der Waals surface area contributed by atoms with E-state index in [2.05, 4.69) is 45.0 Å². The summed E-state index contributed by atoms with van der Waals surface area (Å²) in [7, 11) is 0. The van der Waals surface area contributed by atoms with Crippen LogP contribution in [0.1, 0.15) is 45.7 Å². The fourth-order valence-corrected chi connectivity index (χ4v) is 1.53. The Bertz CT molecular complexity index is 352. The second kappa shape index (κ2) is 4.82. The molecule has 0 fully saturated rings. The Labute approximate surface area is 98.9 Å². The predicted octanol–water partition coefficient (Wildman–Crippen LogP) is 3.75. The first-order valence-electron chi connectivity index (χ1n) is 5.93. The van der Waals surface area contributed by atoms with Crippen molar-refractivity contribution < 1.29 is 4.79 Å². The van der Waals surface area contributed by atoms with Crippen LogP contribution in [0.15, 0.2) is 24.3 Å². The van der Waals surface area contributed by atoms with Crippen LogP contribution in [-0.2, 0) is 16.6 Å². The molecule has 0 N–H and O–H groups in total. The summed E-state index contributed by atoms with van der Waals surface area (Å²) in [6.45, 7) is 10.5. The zero-order chi connectivity index (χ0) is 12.3. The summed E-state index contributed by atoms with van der Waals surface area (Å²) in [5, 5.41) is 0. The lowest BCUT2D eigenvalue weighted by atomic mass is 9.86. The van der Waals surface area contributed by atoms with Gasteiger partial charge in [0.25, 0.3) is 0 Å². The summed E-state index contributed by atoms with van der Waals surface area (Å²) in [5.41, 5.74) is 2.61. The smallest absolute Gasteiger partial charge is 0.139 e. The van der Waals surface area contributed by atoms with E-state index < -0.39 is 0 Å². The SMILES string of the molecule is CC(C)C(=O)Cc1ccc(C(C)(C)C)cc1. The molecule has 1 aromatic rings. The molecule has 0 radical (unpaired) electrons. The van der Waals surface area contributed by atoms with Gasteiger partial charge in [-0.25, -0.2) is 0 Å². The number of carbonyl (C=O) groups is 1. The molecule has 0 amide bonds. The van der Waals surface area contributed by atoms with Crippen molar-refractivity contribution in [2.75, 3.05) is 0 Å². The van der Waals surface area contributed by atoms with Gasteiger partial charge in [-0.15, -0.1) is 0 Å². The summed E-state index contributed by atoms with van der Waals surface area (Å²) < 4.78 is 0. The van der Waals surface area contributed by atoms with Crippen molar-refractivity contribution in [3.05, 3.63) is 35.4 Å². The highest BCUT2D eigenvalue weighted by molar-refractivity contribution is 5.82. The van der Waals surface area contributed by atoms with Gasteiger partial charge in [0.1, 0.15) is 5.78 Å². The monoisotopic (exact) mass is 218 g/mol. The molecule has 0 atom stereocenters. The Balaban J connectivity index is 2.76. The summed E-state index contributed by atoms with van der Waals surface area (Å²) in [6, 6.07) is 8.40. The van der Waals surface area contributed by atoms with E-state index in [4.69, 9.17) is 0 Å². The van der Waals surface area contributed by atoms with E-state index in [1.54, 1.807) is 0 Å². The van der Waals surface area contributed by atoms with Crippen molar-refractivity contribution in [1.29, 1.82) is 0 Å². The fourth-order valence-electron chi connectivity index (χ4n) is 1.53. The zero-order valence-electron chi connectivity index (χ0n) is 11.0. The Morgan fingerprint density at radius 3 is 2.00 bits per heavy atom. The number of Topliss-reactive ketones (excluding diaryl/α,β-unsaturated/α-hetero) is 1. The third-order valence-electron chi connectivity index (χ3n) is 2.84. The molecule has 0 spiro atoms. The van der Waals surface area contributed by atoms with Crippen molar-refractivity contribution in [3.8, 4) is 0 Å². The summed E-state index contributed by atoms with van der Waals surface area (Å²) in [6.07, 6.45) is 0.558. The lowest BCUT2D eigenvalue weighted by Gasteiger charge is -2.19. The predicted molar refractivity (Wildman–Crippen MR) is 68.7 cm³/mol. The summed E-state index contributed by atoms with van der Waals surface area (Å²) in [5.74, 6) is 0.436. The fraction of sp³-hybridized carbons (Fsp3) is 0.533. The van der Waals surface area contributed by atoms with Gasteiger partial charge in [-0.05, 0) is 16.5 Å². The van der Waals surface area contributed by atoms with Gasteiger partial charge >= 0.3 is 0 Å². The Morgan fingerprint density at radius 2 is 1.62 bits per heavy atom. The number of ketones is 1. The van der Waals surface area contributed by atoms with Gasteiger partial charge in [0.05, 0.1) is 0 Å². The standard InChI is InChI=1S/C15H22O/c1-11(2)14(16)10-12-6-8-13(9-7-12)15(3,4)5/h6-9,11H,10H2,1-5H3. The third-order valence-corrected chi connectivity index (χ3v) is 2.84. The van der Waals surface area contributed by atoms with Gasteiger partial charge in [0.15, 0.2) is 0 Å². The highest BCUT2D eigenvalue weighted by Crippen LogP contribution is 2.22. The minimum absolute atomic E-state index is 0.127. The van der Waals surface area contributed by atoms with E-state index in [1.807, 2.05) is 13.8 Å². The second-order valence-electron chi connectivity index (χ2n) is 5.74. The number of hydrogen-bond acceptors (Lipinski definition) is 1. The van der Waals surface area contributed by atoms with Crippen molar-refractivity contribution in [3.63, 3.8) is 0 Å². The lowest BCUT2D eigenvalue weighted by Crippen LogP contribution is -2.12. The molecule has 1 nitrogen and oxygen atoms in total. The minimum Gasteiger partial charge on any atom is -0.299 e. The maximum Gasteiger partial charge on any atom is 0.139 e. The van der Waals surface area contributed by atoms with Gasteiger partial charge < -0.3 is 0 Å². The van der Waals surface area contributed by atoms with Crippen LogP contribution in [0.25, 0.3) is 0 Å². The zero-order valence-corrected chi connectivity index (χ0v) is 11.0. The molecule has 1 aromatic carbocycles. The van der Waals surface area contributed by atoms with E-state index in [-0.39, 0.29) is 11.3 Å². The number of carbonyl (C=O) groups excluding carboxylic acids is 1. The van der Waals surface area contributed by atoms with Gasteiger partial charge in [-0.3, -0.25) is 4.79 Å². The Morgan fingerprint density at radius 1 is 1.12 bits per heavy atom. The van der Waals surface area contributed by atoms with E-state index in [9.17, 15) is 4.79 Å². The summed E-state index contributed by atoms with van der Waals surface area (Å²) >= 11 is 0. The molecule has 0 saturated carbocycles. The molecular formula is C15H22O. The van der Waals surface area contributed by atoms with Crippen molar-refractivity contribution in [2.24, 2.45) is 5.92 Å². The lowest BCUT2D eigenvalue weighted by molar-refractivity contribution is -0.121. The van der Waals surface area contributed by atoms with Crippen LogP contribution in [0.4, 0.5) is 0 Å². The molecule has 0 unspecified atom stereocenters. The average Bonchev–Trinajstić information content (AvgIpc) is 2.17. The average molecular weight is 218 g/mol. The second-order valence-corrected chi connectivity index (χ2v) is 5.74. The first-order valence-corrected chi connectivity index (χ1v) is 5.93. The number of hydrogen-bond donors (Lipinski definition) is 0. The van der Waals surface area contributed by atoms with Crippen LogP contribution < -0.4 is 0 Å². The maximum atomic E-state index is 11.6. The quantitative estimate of drug-likeness (QED) is 0.755. The largest absolute Gasteiger partial charge is 0.299 e. The van der Waals surface area contributed by atoms with Crippen LogP contribution in [0.2, 0.25) is 0 Å². The minimum atomic E-state index is 0.127. The van der Waals surface area contributed by atoms with Crippen molar-refractivity contribution in [2.45, 2.75) is 46.5 Å². The molecule has 0 bridgehead atoms. The van der Waals surface area contributed by atoms with Crippen LogP contribution in [-0.4, -0.2) is 5.78 Å². The van der Waals surface area contributed by atoms with Gasteiger partial charge in [0.2, 0.25) is 0 Å². The highest BCUT2D eigenvalue weighted by Gasteiger charge is 2.13. The first kappa shape index (κ1) is 13.0. The van der Waals surface area contributed by atoms with Gasteiger partial charge in [0, 0.05) is 12.3 Å². The summed E-state index contributed by atoms with van der Waals surface area (Å²) in [4.78, 5) is 11.6. The molecule has 0 saturated heterocycles. The number of benzene rings is 1. The van der Waals surface area contributed by atoms with E-state index in [0.29, 0.717) is 12.2 Å². The van der Waals surface area contributed by atoms with Crippen LogP contribution in [0, 0.1) is 5.92 Å². The van der Waals surface area contributed by atoms with Gasteiger partial charge in [-0.1, -0.05) is 58.9 Å². The van der Waals surface area contributed by atoms with Crippen LogP contribution >= 0.6 is 0 Å². The molecule has 88 valence electrons. The molecule has 0 aliphatic carbocycles. The van der Waals surface area contributed by atoms with Crippen LogP contribution in [0.3, 0.4) is 0 Å². The molecule has 0 aliphatic heterocycles. The van der Waals surface area contributed by atoms with E-state index in [1.165, 1.54) is 5.56 Å². The molecule has 0 aliphatic rings. The first-order chi connectivity index (χ1) is 7.30. The highest BCUT2D eigenvalue weighted by atomic mass is 16.1. The molecular weight excluding hydrogens is 196 g/mol. The normalized spacial score (nSPS) is 11.9. The number of rotatable bonds is 3.